The normalized spacial score (nSPS) is 16.7. The molecule has 1 atom stereocenters. The standard InChI is InChI=1S/C31H38N2O3/c1-30(2,33-20-17-28(22-33)36-23-24-11-10-16-27(21-24)35-3)18-19-31(29(32)34,25-12-6-4-7-13-25)26-14-8-5-9-15-26/h4-16,21,28H,17-20,22-23H2,1-3H3,(H2,32,34)/t28-/m0/s1. The Morgan fingerprint density at radius 2 is 1.58 bits per heavy atom. The molecule has 0 saturated carbocycles. The number of carbonyl (C=O) groups excluding carboxylic acids is 1. The van der Waals surface area contributed by atoms with Gasteiger partial charge < -0.3 is 15.2 Å². The first kappa shape index (κ1) is 25.9. The van der Waals surface area contributed by atoms with E-state index < -0.39 is 5.41 Å². The van der Waals surface area contributed by atoms with Gasteiger partial charge in [-0.05, 0) is 61.9 Å². The van der Waals surface area contributed by atoms with Gasteiger partial charge in [0.2, 0.25) is 5.91 Å². The highest BCUT2D eigenvalue weighted by Gasteiger charge is 2.43. The van der Waals surface area contributed by atoms with Gasteiger partial charge in [-0.1, -0.05) is 72.8 Å². The van der Waals surface area contributed by atoms with Gasteiger partial charge in [-0.25, -0.2) is 0 Å². The molecule has 4 rings (SSSR count). The molecular formula is C31H38N2O3. The maximum Gasteiger partial charge on any atom is 0.232 e. The van der Waals surface area contributed by atoms with Gasteiger partial charge in [-0.3, -0.25) is 9.69 Å². The number of nitrogens with zero attached hydrogens (tertiary/aromatic N) is 1. The SMILES string of the molecule is COc1cccc(CO[C@H]2CCN(C(C)(C)CCC(C(N)=O)(c3ccccc3)c3ccccc3)C2)c1. The molecule has 0 spiro atoms. The lowest BCUT2D eigenvalue weighted by Crippen LogP contribution is -2.47. The van der Waals surface area contributed by atoms with Crippen LogP contribution in [0.4, 0.5) is 0 Å². The van der Waals surface area contributed by atoms with Crippen LogP contribution in [-0.4, -0.2) is 42.6 Å². The van der Waals surface area contributed by atoms with E-state index in [1.165, 1.54) is 0 Å². The number of methoxy groups -OCH3 is 1. The summed E-state index contributed by atoms with van der Waals surface area (Å²) in [6.07, 6.45) is 2.63. The summed E-state index contributed by atoms with van der Waals surface area (Å²) in [5, 5.41) is 0. The largest absolute Gasteiger partial charge is 0.497 e. The van der Waals surface area contributed by atoms with Crippen LogP contribution in [0.25, 0.3) is 0 Å². The zero-order valence-corrected chi connectivity index (χ0v) is 21.7. The van der Waals surface area contributed by atoms with Crippen molar-refractivity contribution in [1.82, 2.24) is 4.90 Å². The number of benzene rings is 3. The molecule has 190 valence electrons. The van der Waals surface area contributed by atoms with Gasteiger partial charge in [0.15, 0.2) is 0 Å². The number of likely N-dealkylation sites (tertiary alicyclic amines) is 1. The van der Waals surface area contributed by atoms with Gasteiger partial charge >= 0.3 is 0 Å². The third-order valence-electron chi connectivity index (χ3n) is 7.69. The third-order valence-corrected chi connectivity index (χ3v) is 7.69. The molecule has 1 heterocycles. The molecule has 1 saturated heterocycles. The van der Waals surface area contributed by atoms with Gasteiger partial charge in [0.05, 0.1) is 25.2 Å². The fourth-order valence-electron chi connectivity index (χ4n) is 5.35. The highest BCUT2D eigenvalue weighted by atomic mass is 16.5. The van der Waals surface area contributed by atoms with Crippen LogP contribution < -0.4 is 10.5 Å². The van der Waals surface area contributed by atoms with Crippen molar-refractivity contribution >= 4 is 5.91 Å². The Morgan fingerprint density at radius 1 is 0.944 bits per heavy atom. The number of rotatable bonds is 11. The number of nitrogens with two attached hydrogens (primary N) is 1. The van der Waals surface area contributed by atoms with Crippen LogP contribution >= 0.6 is 0 Å². The summed E-state index contributed by atoms with van der Waals surface area (Å²) in [4.78, 5) is 15.6. The summed E-state index contributed by atoms with van der Waals surface area (Å²) in [6, 6.07) is 27.9. The minimum Gasteiger partial charge on any atom is -0.497 e. The van der Waals surface area contributed by atoms with Crippen molar-refractivity contribution in [2.24, 2.45) is 5.73 Å². The number of ether oxygens (including phenoxy) is 2. The van der Waals surface area contributed by atoms with Crippen molar-refractivity contribution in [2.45, 2.75) is 56.8 Å². The van der Waals surface area contributed by atoms with Gasteiger partial charge in [-0.2, -0.15) is 0 Å². The Bertz CT molecular complexity index is 1090. The Morgan fingerprint density at radius 3 is 2.17 bits per heavy atom. The molecule has 0 aliphatic carbocycles. The smallest absolute Gasteiger partial charge is 0.232 e. The fourth-order valence-corrected chi connectivity index (χ4v) is 5.35. The van der Waals surface area contributed by atoms with E-state index in [0.29, 0.717) is 13.0 Å². The Labute approximate surface area is 215 Å². The van der Waals surface area contributed by atoms with E-state index in [1.807, 2.05) is 78.9 Å². The predicted octanol–water partition coefficient (Wildman–Crippen LogP) is 5.32. The Kier molecular flexibility index (Phi) is 8.12. The lowest BCUT2D eigenvalue weighted by atomic mass is 9.69. The molecule has 0 bridgehead atoms. The first-order valence-electron chi connectivity index (χ1n) is 12.8. The van der Waals surface area contributed by atoms with Crippen LogP contribution in [-0.2, 0) is 21.6 Å². The van der Waals surface area contributed by atoms with E-state index in [4.69, 9.17) is 15.2 Å². The Hall–Kier alpha value is -3.15. The van der Waals surface area contributed by atoms with Gasteiger partial charge in [0, 0.05) is 18.6 Å². The first-order chi connectivity index (χ1) is 17.3. The van der Waals surface area contributed by atoms with Crippen LogP contribution in [0.3, 0.4) is 0 Å². The highest BCUT2D eigenvalue weighted by molar-refractivity contribution is 5.90. The lowest BCUT2D eigenvalue weighted by molar-refractivity contribution is -0.122. The monoisotopic (exact) mass is 486 g/mol. The summed E-state index contributed by atoms with van der Waals surface area (Å²) in [5.74, 6) is 0.539. The fraction of sp³-hybridized carbons (Fsp3) is 0.387. The quantitative estimate of drug-likeness (QED) is 0.399. The van der Waals surface area contributed by atoms with Crippen molar-refractivity contribution in [3.8, 4) is 5.75 Å². The summed E-state index contributed by atoms with van der Waals surface area (Å²) in [7, 11) is 1.68. The average molecular weight is 487 g/mol. The zero-order chi connectivity index (χ0) is 25.6. The molecule has 5 nitrogen and oxygen atoms in total. The minimum atomic E-state index is -0.873. The maximum atomic E-state index is 13.2. The molecule has 3 aromatic carbocycles. The van der Waals surface area contributed by atoms with Crippen LogP contribution in [0, 0.1) is 0 Å². The van der Waals surface area contributed by atoms with E-state index in [9.17, 15) is 4.79 Å². The third kappa shape index (κ3) is 5.63. The number of amides is 1. The van der Waals surface area contributed by atoms with Gasteiger partial charge in [0.1, 0.15) is 5.75 Å². The van der Waals surface area contributed by atoms with Crippen molar-refractivity contribution in [1.29, 1.82) is 0 Å². The number of primary amides is 1. The topological polar surface area (TPSA) is 64.8 Å². The van der Waals surface area contributed by atoms with Crippen molar-refractivity contribution in [2.75, 3.05) is 20.2 Å². The first-order valence-corrected chi connectivity index (χ1v) is 12.8. The van der Waals surface area contributed by atoms with E-state index in [2.05, 4.69) is 24.8 Å². The van der Waals surface area contributed by atoms with Crippen LogP contribution in [0.5, 0.6) is 5.75 Å². The second-order valence-electron chi connectivity index (χ2n) is 10.3. The number of hydrogen-bond acceptors (Lipinski definition) is 4. The summed E-state index contributed by atoms with van der Waals surface area (Å²) in [5.41, 5.74) is 8.19. The van der Waals surface area contributed by atoms with Crippen LogP contribution in [0.2, 0.25) is 0 Å². The molecule has 5 heteroatoms. The molecule has 0 unspecified atom stereocenters. The van der Waals surface area contributed by atoms with E-state index in [-0.39, 0.29) is 17.6 Å². The lowest BCUT2D eigenvalue weighted by Gasteiger charge is -2.40. The van der Waals surface area contributed by atoms with E-state index >= 15 is 0 Å². The van der Waals surface area contributed by atoms with Crippen LogP contribution in [0.15, 0.2) is 84.9 Å². The van der Waals surface area contributed by atoms with Crippen molar-refractivity contribution in [3.63, 3.8) is 0 Å². The minimum absolute atomic E-state index is 0.113. The molecule has 1 fully saturated rings. The van der Waals surface area contributed by atoms with E-state index in [0.717, 1.165) is 48.4 Å². The van der Waals surface area contributed by atoms with Crippen molar-refractivity contribution < 1.29 is 14.3 Å². The summed E-state index contributed by atoms with van der Waals surface area (Å²) in [6.45, 7) is 6.94. The molecule has 1 aliphatic heterocycles. The molecule has 0 aromatic heterocycles. The average Bonchev–Trinajstić information content (AvgIpc) is 3.39. The molecule has 36 heavy (non-hydrogen) atoms. The van der Waals surface area contributed by atoms with Crippen molar-refractivity contribution in [3.05, 3.63) is 102 Å². The van der Waals surface area contributed by atoms with E-state index in [1.54, 1.807) is 7.11 Å². The molecule has 1 amide bonds. The second-order valence-corrected chi connectivity index (χ2v) is 10.3. The predicted molar refractivity (Wildman–Crippen MR) is 144 cm³/mol. The second kappa shape index (κ2) is 11.3. The number of hydrogen-bond donors (Lipinski definition) is 1. The molecule has 3 aromatic rings. The summed E-state index contributed by atoms with van der Waals surface area (Å²) < 4.78 is 11.6. The molecule has 2 N–H and O–H groups in total. The Balaban J connectivity index is 1.46. The number of carbonyl (C=O) groups is 1. The summed E-state index contributed by atoms with van der Waals surface area (Å²) >= 11 is 0. The molecular weight excluding hydrogens is 448 g/mol. The zero-order valence-electron chi connectivity index (χ0n) is 21.7. The van der Waals surface area contributed by atoms with Gasteiger partial charge in [-0.15, -0.1) is 0 Å². The highest BCUT2D eigenvalue weighted by Crippen LogP contribution is 2.40. The van der Waals surface area contributed by atoms with Crippen LogP contribution in [0.1, 0.15) is 49.8 Å². The molecule has 1 aliphatic rings. The molecule has 0 radical (unpaired) electrons. The van der Waals surface area contributed by atoms with Gasteiger partial charge in [0.25, 0.3) is 0 Å². The maximum absolute atomic E-state index is 13.2.